The van der Waals surface area contributed by atoms with Crippen LogP contribution in [0.5, 0.6) is 0 Å². The molecular formula is C19H23FN4O2. The van der Waals surface area contributed by atoms with Crippen LogP contribution in [0.25, 0.3) is 0 Å². The SMILES string of the molecule is Fc1cnc(N2CC[C@H]3OCCC[C@@]3(COCc3ccccn3)C2)nc1. The van der Waals surface area contributed by atoms with Gasteiger partial charge in [-0.05, 0) is 31.4 Å². The zero-order valence-corrected chi connectivity index (χ0v) is 14.7. The minimum absolute atomic E-state index is 0.0942. The largest absolute Gasteiger partial charge is 0.377 e. The van der Waals surface area contributed by atoms with Gasteiger partial charge in [0.05, 0.1) is 37.4 Å². The van der Waals surface area contributed by atoms with Crippen LogP contribution in [0, 0.1) is 11.2 Å². The second-order valence-electron chi connectivity index (χ2n) is 7.05. The molecule has 0 N–H and O–H groups in total. The number of ether oxygens (including phenoxy) is 2. The molecule has 0 bridgehead atoms. The maximum Gasteiger partial charge on any atom is 0.225 e. The Labute approximate surface area is 152 Å². The molecule has 0 saturated carbocycles. The lowest BCUT2D eigenvalue weighted by Gasteiger charge is -2.50. The number of fused-ring (bicyclic) bond motifs is 1. The molecule has 4 heterocycles. The molecule has 2 atom stereocenters. The molecule has 2 aromatic rings. The van der Waals surface area contributed by atoms with Crippen LogP contribution in [0.15, 0.2) is 36.8 Å². The van der Waals surface area contributed by atoms with Gasteiger partial charge in [-0.15, -0.1) is 0 Å². The fraction of sp³-hybridized carbons (Fsp3) is 0.526. The number of halogens is 1. The number of hydrogen-bond acceptors (Lipinski definition) is 6. The predicted octanol–water partition coefficient (Wildman–Crippen LogP) is 2.60. The summed E-state index contributed by atoms with van der Waals surface area (Å²) in [5, 5.41) is 0. The van der Waals surface area contributed by atoms with Crippen LogP contribution < -0.4 is 4.90 Å². The average molecular weight is 358 g/mol. The molecule has 2 saturated heterocycles. The van der Waals surface area contributed by atoms with Crippen molar-refractivity contribution in [1.29, 1.82) is 0 Å². The van der Waals surface area contributed by atoms with Gasteiger partial charge < -0.3 is 14.4 Å². The third-order valence-corrected chi connectivity index (χ3v) is 5.24. The minimum Gasteiger partial charge on any atom is -0.377 e. The lowest BCUT2D eigenvalue weighted by Crippen LogP contribution is -2.57. The Hall–Kier alpha value is -2.12. The highest BCUT2D eigenvalue weighted by atomic mass is 19.1. The first-order valence-corrected chi connectivity index (χ1v) is 9.07. The van der Waals surface area contributed by atoms with E-state index in [4.69, 9.17) is 9.47 Å². The molecule has 138 valence electrons. The molecule has 7 heteroatoms. The maximum absolute atomic E-state index is 13.1. The van der Waals surface area contributed by atoms with Gasteiger partial charge in [-0.1, -0.05) is 6.07 Å². The third kappa shape index (κ3) is 3.68. The summed E-state index contributed by atoms with van der Waals surface area (Å²) >= 11 is 0. The van der Waals surface area contributed by atoms with Crippen LogP contribution in [-0.4, -0.2) is 47.4 Å². The van der Waals surface area contributed by atoms with Gasteiger partial charge in [0, 0.05) is 31.3 Å². The summed E-state index contributed by atoms with van der Waals surface area (Å²) in [5.74, 6) is 0.151. The van der Waals surface area contributed by atoms with E-state index in [1.54, 1.807) is 6.20 Å². The van der Waals surface area contributed by atoms with Gasteiger partial charge in [0.1, 0.15) is 0 Å². The summed E-state index contributed by atoms with van der Waals surface area (Å²) in [4.78, 5) is 14.7. The van der Waals surface area contributed by atoms with Gasteiger partial charge in [-0.3, -0.25) is 4.98 Å². The Morgan fingerprint density at radius 1 is 1.27 bits per heavy atom. The highest BCUT2D eigenvalue weighted by Crippen LogP contribution is 2.41. The maximum atomic E-state index is 13.1. The van der Waals surface area contributed by atoms with Gasteiger partial charge in [-0.2, -0.15) is 0 Å². The molecule has 0 unspecified atom stereocenters. The van der Waals surface area contributed by atoms with Gasteiger partial charge in [0.2, 0.25) is 5.95 Å². The third-order valence-electron chi connectivity index (χ3n) is 5.24. The Morgan fingerprint density at radius 3 is 2.96 bits per heavy atom. The van der Waals surface area contributed by atoms with Crippen molar-refractivity contribution in [2.75, 3.05) is 31.2 Å². The molecule has 0 aliphatic carbocycles. The summed E-state index contributed by atoms with van der Waals surface area (Å²) in [6, 6.07) is 5.83. The van der Waals surface area contributed by atoms with Crippen molar-refractivity contribution in [2.45, 2.75) is 32.0 Å². The van der Waals surface area contributed by atoms with Crippen molar-refractivity contribution in [3.8, 4) is 0 Å². The van der Waals surface area contributed by atoms with E-state index in [2.05, 4.69) is 19.9 Å². The summed E-state index contributed by atoms with van der Waals surface area (Å²) in [6.45, 7) is 3.46. The molecule has 6 nitrogen and oxygen atoms in total. The second kappa shape index (κ2) is 7.63. The van der Waals surface area contributed by atoms with Gasteiger partial charge >= 0.3 is 0 Å². The Bertz CT molecular complexity index is 715. The molecule has 26 heavy (non-hydrogen) atoms. The van der Waals surface area contributed by atoms with Crippen molar-refractivity contribution in [2.24, 2.45) is 5.41 Å². The predicted molar refractivity (Wildman–Crippen MR) is 94.1 cm³/mol. The van der Waals surface area contributed by atoms with E-state index in [0.717, 1.165) is 44.7 Å². The fourth-order valence-corrected chi connectivity index (χ4v) is 3.98. The number of rotatable bonds is 5. The highest BCUT2D eigenvalue weighted by molar-refractivity contribution is 5.31. The van der Waals surface area contributed by atoms with Gasteiger partial charge in [0.15, 0.2) is 5.82 Å². The van der Waals surface area contributed by atoms with E-state index in [1.807, 2.05) is 18.2 Å². The summed E-state index contributed by atoms with van der Waals surface area (Å²) < 4.78 is 25.3. The molecular weight excluding hydrogens is 335 g/mol. The summed E-state index contributed by atoms with van der Waals surface area (Å²) in [7, 11) is 0. The average Bonchev–Trinajstić information content (AvgIpc) is 2.69. The molecule has 2 aliphatic rings. The smallest absolute Gasteiger partial charge is 0.225 e. The number of nitrogens with zero attached hydrogens (tertiary/aromatic N) is 4. The number of hydrogen-bond donors (Lipinski definition) is 0. The number of anilines is 1. The van der Waals surface area contributed by atoms with Crippen molar-refractivity contribution in [3.05, 3.63) is 48.3 Å². The number of aromatic nitrogens is 3. The van der Waals surface area contributed by atoms with Crippen LogP contribution >= 0.6 is 0 Å². The van der Waals surface area contributed by atoms with Crippen LogP contribution in [0.4, 0.5) is 10.3 Å². The van der Waals surface area contributed by atoms with Crippen LogP contribution in [0.1, 0.15) is 25.0 Å². The second-order valence-corrected chi connectivity index (χ2v) is 7.05. The number of piperidine rings is 1. The molecule has 0 radical (unpaired) electrons. The first-order valence-electron chi connectivity index (χ1n) is 9.07. The van der Waals surface area contributed by atoms with Gasteiger partial charge in [-0.25, -0.2) is 14.4 Å². The van der Waals surface area contributed by atoms with Crippen LogP contribution in [-0.2, 0) is 16.1 Å². The molecule has 2 aliphatic heterocycles. The van der Waals surface area contributed by atoms with Gasteiger partial charge in [0.25, 0.3) is 0 Å². The van der Waals surface area contributed by atoms with E-state index in [9.17, 15) is 4.39 Å². The monoisotopic (exact) mass is 358 g/mol. The van der Waals surface area contributed by atoms with E-state index >= 15 is 0 Å². The lowest BCUT2D eigenvalue weighted by molar-refractivity contribution is -0.128. The zero-order chi connectivity index (χ0) is 17.8. The summed E-state index contributed by atoms with van der Waals surface area (Å²) in [6.07, 6.45) is 7.34. The Kier molecular flexibility index (Phi) is 5.08. The lowest BCUT2D eigenvalue weighted by atomic mass is 9.73. The molecule has 0 amide bonds. The summed E-state index contributed by atoms with van der Waals surface area (Å²) in [5.41, 5.74) is 0.829. The van der Waals surface area contributed by atoms with Crippen molar-refractivity contribution < 1.29 is 13.9 Å². The minimum atomic E-state index is -0.418. The molecule has 2 aromatic heterocycles. The van der Waals surface area contributed by atoms with Crippen LogP contribution in [0.3, 0.4) is 0 Å². The van der Waals surface area contributed by atoms with E-state index < -0.39 is 5.82 Å². The van der Waals surface area contributed by atoms with E-state index in [1.165, 1.54) is 12.4 Å². The normalized spacial score (nSPS) is 25.7. The highest BCUT2D eigenvalue weighted by Gasteiger charge is 2.46. The Balaban J connectivity index is 1.46. The molecule has 0 aromatic carbocycles. The standard InChI is InChI=1S/C19H23FN4O2/c20-15-10-22-18(23-11-15)24-8-5-17-19(13-24,6-3-9-26-17)14-25-12-16-4-1-2-7-21-16/h1-2,4,7,10-11,17H,3,5-6,8-9,12-14H2/t17-,19+/m1/s1. The quantitative estimate of drug-likeness (QED) is 0.819. The fourth-order valence-electron chi connectivity index (χ4n) is 3.98. The zero-order valence-electron chi connectivity index (χ0n) is 14.7. The van der Waals surface area contributed by atoms with Crippen molar-refractivity contribution in [3.63, 3.8) is 0 Å². The first-order chi connectivity index (χ1) is 12.8. The molecule has 4 rings (SSSR count). The topological polar surface area (TPSA) is 60.4 Å². The Morgan fingerprint density at radius 2 is 2.15 bits per heavy atom. The molecule has 2 fully saturated rings. The molecule has 0 spiro atoms. The van der Waals surface area contributed by atoms with E-state index in [0.29, 0.717) is 19.2 Å². The van der Waals surface area contributed by atoms with E-state index in [-0.39, 0.29) is 11.5 Å². The van der Waals surface area contributed by atoms with Crippen LogP contribution in [0.2, 0.25) is 0 Å². The van der Waals surface area contributed by atoms with Crippen molar-refractivity contribution >= 4 is 5.95 Å². The van der Waals surface area contributed by atoms with Crippen molar-refractivity contribution in [1.82, 2.24) is 15.0 Å². The first kappa shape index (κ1) is 17.3. The number of pyridine rings is 1.